The van der Waals surface area contributed by atoms with E-state index in [-0.39, 0.29) is 24.0 Å². The van der Waals surface area contributed by atoms with Crippen molar-refractivity contribution in [1.82, 2.24) is 15.5 Å². The molecular weight excluding hydrogens is 427 g/mol. The maximum absolute atomic E-state index is 6.04. The van der Waals surface area contributed by atoms with Crippen molar-refractivity contribution in [1.29, 1.82) is 0 Å². The molecule has 1 saturated heterocycles. The van der Waals surface area contributed by atoms with Crippen molar-refractivity contribution in [2.45, 2.75) is 83.4 Å². The van der Waals surface area contributed by atoms with Crippen LogP contribution in [0.1, 0.15) is 65.2 Å². The van der Waals surface area contributed by atoms with Crippen LogP contribution in [0.5, 0.6) is 0 Å². The van der Waals surface area contributed by atoms with Crippen LogP contribution >= 0.6 is 24.0 Å². The molecule has 1 heterocycles. The van der Waals surface area contributed by atoms with Crippen LogP contribution in [0.3, 0.4) is 0 Å². The predicted molar refractivity (Wildman–Crippen MR) is 117 cm³/mol. The molecule has 2 rings (SSSR count). The summed E-state index contributed by atoms with van der Waals surface area (Å²) in [5.74, 6) is 0.919. The second-order valence-electron chi connectivity index (χ2n) is 7.53. The van der Waals surface area contributed by atoms with E-state index in [1.807, 2.05) is 7.05 Å². The summed E-state index contributed by atoms with van der Waals surface area (Å²) in [7, 11) is 1.85. The summed E-state index contributed by atoms with van der Waals surface area (Å²) < 4.78 is 6.04. The summed E-state index contributed by atoms with van der Waals surface area (Å²) in [6.45, 7) is 8.53. The van der Waals surface area contributed by atoms with Crippen LogP contribution in [-0.2, 0) is 4.74 Å². The molecule has 0 aromatic rings. The molecule has 2 N–H and O–H groups in total. The van der Waals surface area contributed by atoms with Gasteiger partial charge in [-0.25, -0.2) is 0 Å². The molecule has 0 unspecified atom stereocenters. The molecule has 2 fully saturated rings. The first-order valence-corrected chi connectivity index (χ1v) is 10.0. The lowest BCUT2D eigenvalue weighted by Gasteiger charge is -2.35. The van der Waals surface area contributed by atoms with Crippen LogP contribution in [0, 0.1) is 0 Å². The maximum atomic E-state index is 6.04. The van der Waals surface area contributed by atoms with Gasteiger partial charge >= 0.3 is 0 Å². The molecule has 0 aromatic heterocycles. The van der Waals surface area contributed by atoms with Gasteiger partial charge in [0.25, 0.3) is 0 Å². The lowest BCUT2D eigenvalue weighted by Crippen LogP contribution is -2.50. The molecular formula is C19H39IN4O. The van der Waals surface area contributed by atoms with Crippen LogP contribution < -0.4 is 10.6 Å². The average molecular weight is 466 g/mol. The Bertz CT molecular complexity index is 362. The van der Waals surface area contributed by atoms with Crippen molar-refractivity contribution in [3.8, 4) is 0 Å². The van der Waals surface area contributed by atoms with E-state index in [0.29, 0.717) is 18.2 Å². The fourth-order valence-corrected chi connectivity index (χ4v) is 3.75. The molecule has 0 amide bonds. The Morgan fingerprint density at radius 3 is 2.28 bits per heavy atom. The predicted octanol–water partition coefficient (Wildman–Crippen LogP) is 3.38. The molecule has 148 valence electrons. The smallest absolute Gasteiger partial charge is 0.191 e. The monoisotopic (exact) mass is 466 g/mol. The fraction of sp³-hybridized carbons (Fsp3) is 0.947. The minimum atomic E-state index is 0. The first-order chi connectivity index (χ1) is 11.7. The van der Waals surface area contributed by atoms with E-state index >= 15 is 0 Å². The van der Waals surface area contributed by atoms with Gasteiger partial charge in [0.05, 0.1) is 12.7 Å². The van der Waals surface area contributed by atoms with Gasteiger partial charge in [0.1, 0.15) is 0 Å². The van der Waals surface area contributed by atoms with E-state index < -0.39 is 0 Å². The Hall–Kier alpha value is -0.0800. The minimum Gasteiger partial charge on any atom is -0.376 e. The summed E-state index contributed by atoms with van der Waals surface area (Å²) in [4.78, 5) is 6.91. The van der Waals surface area contributed by atoms with Crippen molar-refractivity contribution in [3.63, 3.8) is 0 Å². The first kappa shape index (κ1) is 23.0. The highest BCUT2D eigenvalue weighted by Crippen LogP contribution is 2.19. The van der Waals surface area contributed by atoms with E-state index in [2.05, 4.69) is 34.4 Å². The lowest BCUT2D eigenvalue weighted by atomic mass is 10.0. The number of halogens is 1. The lowest BCUT2D eigenvalue weighted by molar-refractivity contribution is 0.0467. The molecule has 25 heavy (non-hydrogen) atoms. The Kier molecular flexibility index (Phi) is 12.1. The second-order valence-corrected chi connectivity index (χ2v) is 7.53. The molecule has 1 aliphatic heterocycles. The molecule has 0 radical (unpaired) electrons. The molecule has 5 nitrogen and oxygen atoms in total. The van der Waals surface area contributed by atoms with Crippen LogP contribution in [0.2, 0.25) is 0 Å². The van der Waals surface area contributed by atoms with Crippen molar-refractivity contribution in [2.24, 2.45) is 4.99 Å². The van der Waals surface area contributed by atoms with Gasteiger partial charge in [0, 0.05) is 38.8 Å². The second kappa shape index (κ2) is 13.1. The highest BCUT2D eigenvalue weighted by molar-refractivity contribution is 14.0. The van der Waals surface area contributed by atoms with Gasteiger partial charge < -0.3 is 20.3 Å². The number of aliphatic imine (C=N–C) groups is 1. The summed E-state index contributed by atoms with van der Waals surface area (Å²) >= 11 is 0. The number of likely N-dealkylation sites (tertiary alicyclic amines) is 1. The zero-order chi connectivity index (χ0) is 17.2. The van der Waals surface area contributed by atoms with Crippen molar-refractivity contribution < 1.29 is 4.74 Å². The molecule has 1 saturated carbocycles. The number of ether oxygens (including phenoxy) is 1. The summed E-state index contributed by atoms with van der Waals surface area (Å²) in [5.41, 5.74) is 0. The van der Waals surface area contributed by atoms with Gasteiger partial charge in [0.2, 0.25) is 0 Å². The number of piperidine rings is 1. The SMILES string of the molecule is CN=C(NCCOC1CCCCCC1)NC1CCN(C(C)C)CC1.I. The fourth-order valence-electron chi connectivity index (χ4n) is 3.75. The van der Waals surface area contributed by atoms with Crippen LogP contribution in [-0.4, -0.2) is 62.3 Å². The molecule has 0 spiro atoms. The zero-order valence-corrected chi connectivity index (χ0v) is 18.8. The number of rotatable bonds is 6. The van der Waals surface area contributed by atoms with Gasteiger partial charge in [-0.1, -0.05) is 25.7 Å². The molecule has 0 atom stereocenters. The highest BCUT2D eigenvalue weighted by atomic mass is 127. The maximum Gasteiger partial charge on any atom is 0.191 e. The number of hydrogen-bond donors (Lipinski definition) is 2. The minimum absolute atomic E-state index is 0. The van der Waals surface area contributed by atoms with Crippen LogP contribution in [0.25, 0.3) is 0 Å². The highest BCUT2D eigenvalue weighted by Gasteiger charge is 2.21. The van der Waals surface area contributed by atoms with Gasteiger partial charge in [-0.05, 0) is 39.5 Å². The van der Waals surface area contributed by atoms with Gasteiger partial charge in [-0.2, -0.15) is 0 Å². The van der Waals surface area contributed by atoms with Gasteiger partial charge in [-0.15, -0.1) is 24.0 Å². The zero-order valence-electron chi connectivity index (χ0n) is 16.4. The van der Waals surface area contributed by atoms with Gasteiger partial charge in [0.15, 0.2) is 5.96 Å². The molecule has 0 bridgehead atoms. The van der Waals surface area contributed by atoms with Crippen LogP contribution in [0.15, 0.2) is 4.99 Å². The average Bonchev–Trinajstić information content (AvgIpc) is 2.86. The van der Waals surface area contributed by atoms with E-state index in [4.69, 9.17) is 4.74 Å². The van der Waals surface area contributed by atoms with E-state index in [1.54, 1.807) is 0 Å². The Morgan fingerprint density at radius 2 is 1.72 bits per heavy atom. The van der Waals surface area contributed by atoms with Gasteiger partial charge in [-0.3, -0.25) is 4.99 Å². The first-order valence-electron chi connectivity index (χ1n) is 10.0. The van der Waals surface area contributed by atoms with E-state index in [9.17, 15) is 0 Å². The number of nitrogens with one attached hydrogen (secondary N) is 2. The standard InChI is InChI=1S/C19H38N4O.HI/c1-16(2)23-13-10-17(11-14-23)22-19(20-3)21-12-15-24-18-8-6-4-5-7-9-18;/h16-18H,4-15H2,1-3H3,(H2,20,21,22);1H. The Balaban J connectivity index is 0.00000312. The van der Waals surface area contributed by atoms with Crippen molar-refractivity contribution in [2.75, 3.05) is 33.3 Å². The van der Waals surface area contributed by atoms with Crippen LogP contribution in [0.4, 0.5) is 0 Å². The topological polar surface area (TPSA) is 48.9 Å². The summed E-state index contributed by atoms with van der Waals surface area (Å²) in [5, 5.41) is 6.98. The summed E-state index contributed by atoms with van der Waals surface area (Å²) in [6, 6.07) is 1.19. The van der Waals surface area contributed by atoms with E-state index in [1.165, 1.54) is 64.5 Å². The third-order valence-electron chi connectivity index (χ3n) is 5.37. The number of hydrogen-bond acceptors (Lipinski definition) is 3. The number of guanidine groups is 1. The van der Waals surface area contributed by atoms with Crippen molar-refractivity contribution >= 4 is 29.9 Å². The Labute approximate surface area is 171 Å². The quantitative estimate of drug-likeness (QED) is 0.207. The number of nitrogens with zero attached hydrogens (tertiary/aromatic N) is 2. The largest absolute Gasteiger partial charge is 0.376 e. The molecule has 0 aromatic carbocycles. The summed E-state index contributed by atoms with van der Waals surface area (Å²) in [6.07, 6.45) is 10.8. The van der Waals surface area contributed by atoms with Crippen molar-refractivity contribution in [3.05, 3.63) is 0 Å². The molecule has 2 aliphatic rings. The third-order valence-corrected chi connectivity index (χ3v) is 5.37. The third kappa shape index (κ3) is 8.91. The molecule has 6 heteroatoms. The van der Waals surface area contributed by atoms with E-state index in [0.717, 1.165) is 19.1 Å². The Morgan fingerprint density at radius 1 is 1.08 bits per heavy atom. The normalized spacial score (nSPS) is 21.7. The molecule has 1 aliphatic carbocycles.